The summed E-state index contributed by atoms with van der Waals surface area (Å²) in [6.07, 6.45) is 9.83. The standard InChI is InChI=1S/C21H32O7S.Na/c22-20(27-14-7-3-1-4-8-14)18-13-11-16(17(12-13)29(24,25)26)19(18)21(23)28-15-9-5-2-6-10-15;/h13-19H,1-12H2,(H,24,25,26);/q;+1/p-1. The van der Waals surface area contributed by atoms with Crippen molar-refractivity contribution in [2.75, 3.05) is 0 Å². The molecule has 4 aliphatic carbocycles. The second-order valence-electron chi connectivity index (χ2n) is 9.37. The number of esters is 2. The first-order valence-electron chi connectivity index (χ1n) is 11.2. The van der Waals surface area contributed by atoms with Crippen LogP contribution in [-0.4, -0.2) is 42.4 Å². The molecule has 0 heterocycles. The number of hydrogen-bond acceptors (Lipinski definition) is 7. The van der Waals surface area contributed by atoms with Crippen molar-refractivity contribution in [1.29, 1.82) is 0 Å². The van der Waals surface area contributed by atoms with Gasteiger partial charge in [0.1, 0.15) is 12.2 Å². The third-order valence-electron chi connectivity index (χ3n) is 7.53. The molecule has 0 radical (unpaired) electrons. The summed E-state index contributed by atoms with van der Waals surface area (Å²) in [6, 6.07) is 0. The minimum absolute atomic E-state index is 0. The number of rotatable bonds is 5. The van der Waals surface area contributed by atoms with Gasteiger partial charge in [0.05, 0.1) is 27.2 Å². The van der Waals surface area contributed by atoms with Crippen LogP contribution in [0.4, 0.5) is 0 Å². The van der Waals surface area contributed by atoms with E-state index in [1.54, 1.807) is 0 Å². The minimum Gasteiger partial charge on any atom is -0.748 e. The zero-order valence-corrected chi connectivity index (χ0v) is 20.6. The summed E-state index contributed by atoms with van der Waals surface area (Å²) in [5.41, 5.74) is 0. The van der Waals surface area contributed by atoms with Gasteiger partial charge in [-0.25, -0.2) is 8.42 Å². The Morgan fingerprint density at radius 1 is 0.733 bits per heavy atom. The van der Waals surface area contributed by atoms with Gasteiger partial charge in [0, 0.05) is 0 Å². The van der Waals surface area contributed by atoms with Crippen molar-refractivity contribution < 1.29 is 61.6 Å². The molecule has 0 aromatic rings. The molecule has 0 aliphatic heterocycles. The number of hydrogen-bond donors (Lipinski definition) is 0. The molecule has 5 unspecified atom stereocenters. The van der Waals surface area contributed by atoms with Crippen molar-refractivity contribution >= 4 is 22.1 Å². The summed E-state index contributed by atoms with van der Waals surface area (Å²) < 4.78 is 46.7. The van der Waals surface area contributed by atoms with Crippen LogP contribution in [0.25, 0.3) is 0 Å². The first-order valence-corrected chi connectivity index (χ1v) is 12.7. The van der Waals surface area contributed by atoms with Crippen molar-refractivity contribution in [1.82, 2.24) is 0 Å². The van der Waals surface area contributed by atoms with E-state index < -0.39 is 45.1 Å². The molecule has 4 aliphatic rings. The van der Waals surface area contributed by atoms with Crippen LogP contribution in [0.2, 0.25) is 0 Å². The van der Waals surface area contributed by atoms with Gasteiger partial charge in [-0.05, 0) is 76.0 Å². The maximum atomic E-state index is 13.1. The number of ether oxygens (including phenoxy) is 2. The molecule has 4 saturated carbocycles. The predicted molar refractivity (Wildman–Crippen MR) is 103 cm³/mol. The van der Waals surface area contributed by atoms with Gasteiger partial charge >= 0.3 is 41.5 Å². The second kappa shape index (κ2) is 10.2. The van der Waals surface area contributed by atoms with Crippen molar-refractivity contribution in [3.8, 4) is 0 Å². The van der Waals surface area contributed by atoms with Gasteiger partial charge in [0.15, 0.2) is 0 Å². The molecule has 7 nitrogen and oxygen atoms in total. The molecular weight excluding hydrogens is 419 g/mol. The summed E-state index contributed by atoms with van der Waals surface area (Å²) in [7, 11) is -4.52. The van der Waals surface area contributed by atoms with Crippen LogP contribution in [0, 0.1) is 23.7 Å². The van der Waals surface area contributed by atoms with E-state index in [-0.39, 0.29) is 54.1 Å². The van der Waals surface area contributed by atoms with E-state index in [0.717, 1.165) is 64.2 Å². The Labute approximate surface area is 201 Å². The van der Waals surface area contributed by atoms with Crippen LogP contribution in [0.15, 0.2) is 0 Å². The molecule has 0 saturated heterocycles. The van der Waals surface area contributed by atoms with E-state index in [9.17, 15) is 22.6 Å². The smallest absolute Gasteiger partial charge is 0.748 e. The Hall–Kier alpha value is -0.150. The Morgan fingerprint density at radius 2 is 1.20 bits per heavy atom. The van der Waals surface area contributed by atoms with E-state index in [2.05, 4.69) is 0 Å². The zero-order chi connectivity index (χ0) is 20.6. The molecule has 0 N–H and O–H groups in total. The minimum atomic E-state index is -4.52. The Balaban J connectivity index is 0.00000256. The van der Waals surface area contributed by atoms with Crippen LogP contribution < -0.4 is 29.6 Å². The quantitative estimate of drug-likeness (QED) is 0.328. The maximum Gasteiger partial charge on any atom is 1.00 e. The van der Waals surface area contributed by atoms with Crippen molar-refractivity contribution in [3.05, 3.63) is 0 Å². The van der Waals surface area contributed by atoms with E-state index in [4.69, 9.17) is 9.47 Å². The summed E-state index contributed by atoms with van der Waals surface area (Å²) >= 11 is 0. The first-order chi connectivity index (χ1) is 13.8. The maximum absolute atomic E-state index is 13.1. The summed E-state index contributed by atoms with van der Waals surface area (Å²) in [5.74, 6) is -3.41. The molecule has 5 atom stereocenters. The van der Waals surface area contributed by atoms with Gasteiger partial charge in [-0.3, -0.25) is 9.59 Å². The summed E-state index contributed by atoms with van der Waals surface area (Å²) in [4.78, 5) is 26.1. The number of carbonyl (C=O) groups excluding carboxylic acids is 2. The van der Waals surface area contributed by atoms with Crippen molar-refractivity contribution in [2.24, 2.45) is 23.7 Å². The fourth-order valence-corrected chi connectivity index (χ4v) is 7.34. The average molecular weight is 451 g/mol. The SMILES string of the molecule is O=C(OC1CCCCC1)C1C2CC(C1C(=O)OC1CCCCC1)C(S(=O)(=O)[O-])C2.[Na+]. The molecule has 0 aromatic carbocycles. The van der Waals surface area contributed by atoms with Gasteiger partial charge in [0.2, 0.25) is 0 Å². The largest absolute Gasteiger partial charge is 1.00 e. The van der Waals surface area contributed by atoms with Crippen LogP contribution >= 0.6 is 0 Å². The molecule has 2 bridgehead atoms. The van der Waals surface area contributed by atoms with Crippen LogP contribution in [-0.2, 0) is 29.2 Å². The normalized spacial score (nSPS) is 34.9. The van der Waals surface area contributed by atoms with Crippen molar-refractivity contribution in [2.45, 2.75) is 94.5 Å². The van der Waals surface area contributed by atoms with Crippen LogP contribution in [0.3, 0.4) is 0 Å². The molecule has 0 amide bonds. The third kappa shape index (κ3) is 5.25. The third-order valence-corrected chi connectivity index (χ3v) is 8.81. The van der Waals surface area contributed by atoms with Gasteiger partial charge < -0.3 is 14.0 Å². The molecule has 0 spiro atoms. The molecule has 4 rings (SSSR count). The summed E-state index contributed by atoms with van der Waals surface area (Å²) in [5, 5.41) is -1.10. The Morgan fingerprint density at radius 3 is 1.67 bits per heavy atom. The van der Waals surface area contributed by atoms with E-state index >= 15 is 0 Å². The van der Waals surface area contributed by atoms with Crippen LogP contribution in [0.5, 0.6) is 0 Å². The van der Waals surface area contributed by atoms with Gasteiger partial charge in [0.25, 0.3) is 0 Å². The number of fused-ring (bicyclic) bond motifs is 2. The number of carbonyl (C=O) groups is 2. The van der Waals surface area contributed by atoms with E-state index in [1.807, 2.05) is 0 Å². The monoisotopic (exact) mass is 450 g/mol. The van der Waals surface area contributed by atoms with Crippen LogP contribution in [0.1, 0.15) is 77.0 Å². The summed E-state index contributed by atoms with van der Waals surface area (Å²) in [6.45, 7) is 0. The van der Waals surface area contributed by atoms with E-state index in [1.165, 1.54) is 0 Å². The molecule has 164 valence electrons. The second-order valence-corrected chi connectivity index (χ2v) is 11.0. The Kier molecular flexibility index (Phi) is 8.32. The fourth-order valence-electron chi connectivity index (χ4n) is 6.15. The molecule has 4 fully saturated rings. The molecule has 0 aromatic heterocycles. The topological polar surface area (TPSA) is 110 Å². The van der Waals surface area contributed by atoms with Gasteiger partial charge in [-0.1, -0.05) is 12.8 Å². The molecule has 30 heavy (non-hydrogen) atoms. The molecule has 9 heteroatoms. The fraction of sp³-hybridized carbons (Fsp3) is 0.905. The first kappa shape index (κ1) is 24.5. The predicted octanol–water partition coefficient (Wildman–Crippen LogP) is -0.0718. The molecular formula is C21H31NaO7S. The van der Waals surface area contributed by atoms with Gasteiger partial charge in [-0.15, -0.1) is 0 Å². The van der Waals surface area contributed by atoms with E-state index in [0.29, 0.717) is 6.42 Å². The average Bonchev–Trinajstić information content (AvgIpc) is 3.28. The zero-order valence-electron chi connectivity index (χ0n) is 17.8. The van der Waals surface area contributed by atoms with Gasteiger partial charge in [-0.2, -0.15) is 0 Å². The van der Waals surface area contributed by atoms with Crippen molar-refractivity contribution in [3.63, 3.8) is 0 Å². The Bertz CT molecular complexity index is 728.